The molecule has 2 heterocycles. The summed E-state index contributed by atoms with van der Waals surface area (Å²) in [6.07, 6.45) is 3.08. The van der Waals surface area contributed by atoms with Crippen LogP contribution in [0.25, 0.3) is 0 Å². The largest absolute Gasteiger partial charge is 0.371 e. The maximum atomic E-state index is 12.0. The molecular formula is C19H20N2O. The summed E-state index contributed by atoms with van der Waals surface area (Å²) < 4.78 is 0. The molecular weight excluding hydrogens is 272 g/mol. The van der Waals surface area contributed by atoms with Crippen molar-refractivity contribution in [1.29, 1.82) is 0 Å². The summed E-state index contributed by atoms with van der Waals surface area (Å²) in [4.78, 5) is 14.4. The minimum atomic E-state index is 0.0706. The Morgan fingerprint density at radius 2 is 1.59 bits per heavy atom. The van der Waals surface area contributed by atoms with Gasteiger partial charge < -0.3 is 10.2 Å². The second kappa shape index (κ2) is 5.48. The minimum Gasteiger partial charge on any atom is -0.371 e. The van der Waals surface area contributed by atoms with Gasteiger partial charge in [-0.25, -0.2) is 0 Å². The summed E-state index contributed by atoms with van der Waals surface area (Å²) in [5, 5.41) is 2.94. The lowest BCUT2D eigenvalue weighted by molar-refractivity contribution is 0.0946. The Morgan fingerprint density at radius 1 is 0.864 bits per heavy atom. The Hall–Kier alpha value is -2.29. The minimum absolute atomic E-state index is 0.0706. The van der Waals surface area contributed by atoms with Gasteiger partial charge in [-0.3, -0.25) is 4.79 Å². The Kier molecular flexibility index (Phi) is 3.34. The van der Waals surface area contributed by atoms with E-state index in [9.17, 15) is 4.79 Å². The molecule has 2 aliphatic rings. The molecule has 2 aromatic carbocycles. The topological polar surface area (TPSA) is 32.3 Å². The fourth-order valence-corrected chi connectivity index (χ4v) is 3.52. The molecule has 2 aromatic rings. The van der Waals surface area contributed by atoms with Crippen LogP contribution in [-0.2, 0) is 19.3 Å². The molecule has 0 saturated carbocycles. The van der Waals surface area contributed by atoms with Crippen LogP contribution in [0.5, 0.6) is 0 Å². The molecule has 3 nitrogen and oxygen atoms in total. The molecule has 0 saturated heterocycles. The maximum Gasteiger partial charge on any atom is 0.251 e. The predicted octanol–water partition coefficient (Wildman–Crippen LogP) is 2.58. The van der Waals surface area contributed by atoms with Crippen LogP contribution in [0.15, 0.2) is 42.5 Å². The highest BCUT2D eigenvalue weighted by Crippen LogP contribution is 2.25. The van der Waals surface area contributed by atoms with Crippen molar-refractivity contribution in [3.8, 4) is 0 Å². The van der Waals surface area contributed by atoms with Gasteiger partial charge in [0.25, 0.3) is 5.91 Å². The standard InChI is InChI=1S/C19H20N2O/c22-19-18-13-17(6-5-16(18)7-10-20-19)21-11-8-14-3-1-2-4-15(14)9-12-21/h1-6,13H,7-12H2,(H,20,22). The summed E-state index contributed by atoms with van der Waals surface area (Å²) >= 11 is 0. The third-order valence-corrected chi connectivity index (χ3v) is 4.80. The summed E-state index contributed by atoms with van der Waals surface area (Å²) in [6.45, 7) is 2.78. The number of carbonyl (C=O) groups excluding carboxylic acids is 1. The molecule has 0 spiro atoms. The molecule has 0 atom stereocenters. The van der Waals surface area contributed by atoms with Crippen LogP contribution < -0.4 is 10.2 Å². The van der Waals surface area contributed by atoms with Crippen molar-refractivity contribution in [3.05, 3.63) is 64.7 Å². The lowest BCUT2D eigenvalue weighted by Gasteiger charge is -2.25. The molecule has 0 unspecified atom stereocenters. The fraction of sp³-hybridized carbons (Fsp3) is 0.316. The van der Waals surface area contributed by atoms with Crippen molar-refractivity contribution in [2.75, 3.05) is 24.5 Å². The van der Waals surface area contributed by atoms with Crippen LogP contribution in [-0.4, -0.2) is 25.5 Å². The zero-order chi connectivity index (χ0) is 14.9. The summed E-state index contributed by atoms with van der Waals surface area (Å²) in [6, 6.07) is 15.1. The number of hydrogen-bond donors (Lipinski definition) is 1. The second-order valence-corrected chi connectivity index (χ2v) is 6.10. The molecule has 4 rings (SSSR count). The Balaban J connectivity index is 1.61. The van der Waals surface area contributed by atoms with Gasteiger partial charge in [0.05, 0.1) is 0 Å². The third kappa shape index (κ3) is 2.37. The normalized spacial score (nSPS) is 17.3. The quantitative estimate of drug-likeness (QED) is 0.876. The molecule has 0 bridgehead atoms. The highest BCUT2D eigenvalue weighted by atomic mass is 16.1. The van der Waals surface area contributed by atoms with E-state index in [2.05, 4.69) is 52.7 Å². The maximum absolute atomic E-state index is 12.0. The molecule has 22 heavy (non-hydrogen) atoms. The van der Waals surface area contributed by atoms with Crippen molar-refractivity contribution >= 4 is 11.6 Å². The van der Waals surface area contributed by atoms with Gasteiger partial charge in [0.2, 0.25) is 0 Å². The number of carbonyl (C=O) groups is 1. The van der Waals surface area contributed by atoms with E-state index in [1.807, 2.05) is 0 Å². The zero-order valence-corrected chi connectivity index (χ0v) is 12.6. The molecule has 0 radical (unpaired) electrons. The fourth-order valence-electron chi connectivity index (χ4n) is 3.52. The first-order chi connectivity index (χ1) is 10.8. The molecule has 2 aliphatic heterocycles. The van der Waals surface area contributed by atoms with Gasteiger partial charge in [-0.05, 0) is 48.1 Å². The van der Waals surface area contributed by atoms with Crippen molar-refractivity contribution in [1.82, 2.24) is 5.32 Å². The molecule has 112 valence electrons. The van der Waals surface area contributed by atoms with Crippen LogP contribution in [0, 0.1) is 0 Å². The monoisotopic (exact) mass is 292 g/mol. The van der Waals surface area contributed by atoms with Gasteiger partial charge in [0.15, 0.2) is 0 Å². The van der Waals surface area contributed by atoms with E-state index in [-0.39, 0.29) is 5.91 Å². The average Bonchev–Trinajstić information content (AvgIpc) is 2.78. The molecule has 0 aliphatic carbocycles. The van der Waals surface area contributed by atoms with E-state index in [1.54, 1.807) is 0 Å². The number of benzene rings is 2. The van der Waals surface area contributed by atoms with Crippen LogP contribution in [0.3, 0.4) is 0 Å². The van der Waals surface area contributed by atoms with Crippen molar-refractivity contribution in [3.63, 3.8) is 0 Å². The number of fused-ring (bicyclic) bond motifs is 2. The van der Waals surface area contributed by atoms with E-state index in [1.165, 1.54) is 22.4 Å². The average molecular weight is 292 g/mol. The number of amides is 1. The van der Waals surface area contributed by atoms with E-state index >= 15 is 0 Å². The van der Waals surface area contributed by atoms with E-state index in [4.69, 9.17) is 0 Å². The predicted molar refractivity (Wildman–Crippen MR) is 88.5 cm³/mol. The van der Waals surface area contributed by atoms with E-state index < -0.39 is 0 Å². The third-order valence-electron chi connectivity index (χ3n) is 4.80. The van der Waals surface area contributed by atoms with Crippen LogP contribution in [0.2, 0.25) is 0 Å². The number of rotatable bonds is 1. The Bertz CT molecular complexity index is 696. The molecule has 0 aromatic heterocycles. The summed E-state index contributed by atoms with van der Waals surface area (Å²) in [7, 11) is 0. The highest BCUT2D eigenvalue weighted by Gasteiger charge is 2.19. The van der Waals surface area contributed by atoms with Gasteiger partial charge in [-0.2, -0.15) is 0 Å². The van der Waals surface area contributed by atoms with Gasteiger partial charge >= 0.3 is 0 Å². The zero-order valence-electron chi connectivity index (χ0n) is 12.6. The van der Waals surface area contributed by atoms with Gasteiger partial charge in [0, 0.05) is 30.9 Å². The molecule has 1 N–H and O–H groups in total. The van der Waals surface area contributed by atoms with Crippen LogP contribution >= 0.6 is 0 Å². The van der Waals surface area contributed by atoms with Crippen molar-refractivity contribution < 1.29 is 4.79 Å². The van der Waals surface area contributed by atoms with Crippen LogP contribution in [0.1, 0.15) is 27.0 Å². The Labute approximate surface area is 131 Å². The van der Waals surface area contributed by atoms with Gasteiger partial charge in [0.1, 0.15) is 0 Å². The smallest absolute Gasteiger partial charge is 0.251 e. The van der Waals surface area contributed by atoms with E-state index in [0.29, 0.717) is 0 Å². The number of anilines is 1. The second-order valence-electron chi connectivity index (χ2n) is 6.10. The van der Waals surface area contributed by atoms with Crippen LogP contribution in [0.4, 0.5) is 5.69 Å². The number of nitrogens with zero attached hydrogens (tertiary/aromatic N) is 1. The molecule has 1 amide bonds. The first kappa shape index (κ1) is 13.4. The molecule has 3 heteroatoms. The van der Waals surface area contributed by atoms with Gasteiger partial charge in [-0.15, -0.1) is 0 Å². The number of hydrogen-bond acceptors (Lipinski definition) is 2. The SMILES string of the molecule is O=C1NCCc2ccc(N3CCc4ccccc4CC3)cc21. The summed E-state index contributed by atoms with van der Waals surface area (Å²) in [5.74, 6) is 0.0706. The van der Waals surface area contributed by atoms with Crippen molar-refractivity contribution in [2.45, 2.75) is 19.3 Å². The van der Waals surface area contributed by atoms with Crippen molar-refractivity contribution in [2.24, 2.45) is 0 Å². The van der Waals surface area contributed by atoms with Gasteiger partial charge in [-0.1, -0.05) is 30.3 Å². The number of nitrogens with one attached hydrogen (secondary N) is 1. The lowest BCUT2D eigenvalue weighted by Crippen LogP contribution is -2.32. The Morgan fingerprint density at radius 3 is 2.32 bits per heavy atom. The first-order valence-electron chi connectivity index (χ1n) is 8.04. The highest BCUT2D eigenvalue weighted by molar-refractivity contribution is 5.97. The molecule has 0 fully saturated rings. The first-order valence-corrected chi connectivity index (χ1v) is 8.04. The van der Waals surface area contributed by atoms with E-state index in [0.717, 1.165) is 44.5 Å². The lowest BCUT2D eigenvalue weighted by atomic mass is 9.99. The summed E-state index contributed by atoms with van der Waals surface area (Å²) in [5.41, 5.74) is 6.11.